The molecule has 4 N–H and O–H groups in total. The molecule has 0 aromatic heterocycles. The number of nitrogens with two attached hydrogens (primary N) is 2. The van der Waals surface area contributed by atoms with Crippen LogP contribution in [-0.2, 0) is 0 Å². The maximum atomic E-state index is 5.57. The minimum atomic E-state index is 0.275. The van der Waals surface area contributed by atoms with Gasteiger partial charge in [-0.3, -0.25) is 0 Å². The van der Waals surface area contributed by atoms with Crippen LogP contribution >= 0.6 is 0 Å². The van der Waals surface area contributed by atoms with Crippen molar-refractivity contribution >= 4 is 0 Å². The van der Waals surface area contributed by atoms with E-state index in [-0.39, 0.29) is 6.04 Å². The van der Waals surface area contributed by atoms with Gasteiger partial charge in [0.2, 0.25) is 0 Å². The second kappa shape index (κ2) is 5.06. The minimum Gasteiger partial charge on any atom is -0.330 e. The summed E-state index contributed by atoms with van der Waals surface area (Å²) in [6.45, 7) is 4.38. The van der Waals surface area contributed by atoms with Gasteiger partial charge >= 0.3 is 0 Å². The molecule has 0 aromatic rings. The van der Waals surface area contributed by atoms with Gasteiger partial charge in [0.05, 0.1) is 0 Å². The molecule has 1 unspecified atom stereocenters. The lowest BCUT2D eigenvalue weighted by molar-refractivity contribution is 0.580. The number of rotatable bonds is 4. The summed E-state index contributed by atoms with van der Waals surface area (Å²) >= 11 is 0. The minimum absolute atomic E-state index is 0.275. The van der Waals surface area contributed by atoms with E-state index in [0.717, 1.165) is 19.3 Å². The summed E-state index contributed by atoms with van der Waals surface area (Å²) in [5.41, 5.74) is 10.8. The van der Waals surface area contributed by atoms with Gasteiger partial charge in [-0.25, -0.2) is 0 Å². The molecule has 0 aliphatic heterocycles. The normalized spacial score (nSPS) is 13.9. The van der Waals surface area contributed by atoms with Crippen molar-refractivity contribution in [3.05, 3.63) is 6.92 Å². The van der Waals surface area contributed by atoms with Crippen molar-refractivity contribution in [1.82, 2.24) is 0 Å². The molecule has 0 amide bonds. The summed E-state index contributed by atoms with van der Waals surface area (Å²) in [6.07, 6.45) is 2.84. The van der Waals surface area contributed by atoms with Crippen LogP contribution in [0.3, 0.4) is 0 Å². The van der Waals surface area contributed by atoms with Crippen molar-refractivity contribution < 1.29 is 0 Å². The molecule has 2 heteroatoms. The molecule has 0 bridgehead atoms. The lowest BCUT2D eigenvalue weighted by atomic mass is 10.1. The monoisotopic (exact) mass is 115 g/mol. The lowest BCUT2D eigenvalue weighted by Crippen LogP contribution is -2.22. The van der Waals surface area contributed by atoms with Gasteiger partial charge in [-0.15, -0.1) is 0 Å². The van der Waals surface area contributed by atoms with Crippen LogP contribution in [0, 0.1) is 6.92 Å². The van der Waals surface area contributed by atoms with Gasteiger partial charge in [0, 0.05) is 6.04 Å². The first-order valence-corrected chi connectivity index (χ1v) is 3.06. The van der Waals surface area contributed by atoms with Crippen molar-refractivity contribution in [2.24, 2.45) is 11.5 Å². The summed E-state index contributed by atoms with van der Waals surface area (Å²) in [6, 6.07) is 0.275. The molecule has 0 aliphatic rings. The topological polar surface area (TPSA) is 52.0 Å². The van der Waals surface area contributed by atoms with E-state index >= 15 is 0 Å². The Bertz CT molecular complexity index is 39.8. The van der Waals surface area contributed by atoms with E-state index in [1.54, 1.807) is 0 Å². The summed E-state index contributed by atoms with van der Waals surface area (Å²) in [5.74, 6) is 0. The predicted molar refractivity (Wildman–Crippen MR) is 36.2 cm³/mol. The Hall–Kier alpha value is -0.0800. The molecule has 0 heterocycles. The fraction of sp³-hybridized carbons (Fsp3) is 0.833. The fourth-order valence-electron chi connectivity index (χ4n) is 0.621. The van der Waals surface area contributed by atoms with Crippen molar-refractivity contribution in [3.8, 4) is 0 Å². The van der Waals surface area contributed by atoms with Crippen LogP contribution in [0.4, 0.5) is 0 Å². The second-order valence-electron chi connectivity index (χ2n) is 1.98. The maximum absolute atomic E-state index is 5.57. The highest BCUT2D eigenvalue weighted by Gasteiger charge is 1.96. The number of hydrogen-bond donors (Lipinski definition) is 2. The molecule has 2 nitrogen and oxygen atoms in total. The molecular weight excluding hydrogens is 100 g/mol. The van der Waals surface area contributed by atoms with Gasteiger partial charge in [-0.1, -0.05) is 13.3 Å². The van der Waals surface area contributed by atoms with E-state index < -0.39 is 0 Å². The fourth-order valence-corrected chi connectivity index (χ4v) is 0.621. The molecule has 0 saturated heterocycles. The van der Waals surface area contributed by atoms with E-state index in [0.29, 0.717) is 6.54 Å². The highest BCUT2D eigenvalue weighted by molar-refractivity contribution is 4.61. The molecule has 0 aromatic carbocycles. The number of hydrogen-bond acceptors (Lipinski definition) is 2. The Labute approximate surface area is 51.2 Å². The SMILES string of the molecule is [CH2]CCC(N)CCN. The van der Waals surface area contributed by atoms with Gasteiger partial charge in [-0.05, 0) is 19.4 Å². The molecule has 1 atom stereocenters. The summed E-state index contributed by atoms with van der Waals surface area (Å²) in [7, 11) is 0. The van der Waals surface area contributed by atoms with E-state index in [1.807, 2.05) is 0 Å². The molecule has 1 radical (unpaired) electrons. The van der Waals surface area contributed by atoms with E-state index in [1.165, 1.54) is 0 Å². The molecule has 0 fully saturated rings. The molecule has 8 heavy (non-hydrogen) atoms. The average molecular weight is 115 g/mol. The van der Waals surface area contributed by atoms with Crippen molar-refractivity contribution in [1.29, 1.82) is 0 Å². The molecule has 49 valence electrons. The largest absolute Gasteiger partial charge is 0.330 e. The molecule has 0 aliphatic carbocycles. The highest BCUT2D eigenvalue weighted by Crippen LogP contribution is 1.94. The predicted octanol–water partition coefficient (Wildman–Crippen LogP) is 0.277. The highest BCUT2D eigenvalue weighted by atomic mass is 14.6. The van der Waals surface area contributed by atoms with Crippen LogP contribution in [0.5, 0.6) is 0 Å². The van der Waals surface area contributed by atoms with Gasteiger partial charge in [-0.2, -0.15) is 0 Å². The Morgan fingerprint density at radius 2 is 2.00 bits per heavy atom. The zero-order chi connectivity index (χ0) is 6.41. The Kier molecular flexibility index (Phi) is 5.01. The third kappa shape index (κ3) is 4.09. The Balaban J connectivity index is 2.92. The lowest BCUT2D eigenvalue weighted by Gasteiger charge is -2.05. The molecule has 0 rings (SSSR count). The van der Waals surface area contributed by atoms with Crippen LogP contribution in [0.2, 0.25) is 0 Å². The standard InChI is InChI=1S/C6H15N2/c1-2-3-6(8)4-5-7/h6H,1-5,7-8H2. The third-order valence-electron chi connectivity index (χ3n) is 1.11. The van der Waals surface area contributed by atoms with E-state index in [4.69, 9.17) is 11.5 Å². The second-order valence-corrected chi connectivity index (χ2v) is 1.98. The van der Waals surface area contributed by atoms with Crippen LogP contribution in [-0.4, -0.2) is 12.6 Å². The van der Waals surface area contributed by atoms with E-state index in [9.17, 15) is 0 Å². The van der Waals surface area contributed by atoms with Crippen LogP contribution in [0.1, 0.15) is 19.3 Å². The van der Waals surface area contributed by atoms with Gasteiger partial charge in [0.15, 0.2) is 0 Å². The first kappa shape index (κ1) is 7.92. The average Bonchev–Trinajstić information content (AvgIpc) is 1.68. The zero-order valence-electron chi connectivity index (χ0n) is 5.27. The first-order chi connectivity index (χ1) is 3.81. The maximum Gasteiger partial charge on any atom is 0.00508 e. The zero-order valence-corrected chi connectivity index (χ0v) is 5.27. The smallest absolute Gasteiger partial charge is 0.00508 e. The Morgan fingerprint density at radius 3 is 2.38 bits per heavy atom. The molecule has 0 saturated carbocycles. The van der Waals surface area contributed by atoms with Crippen molar-refractivity contribution in [2.75, 3.05) is 6.54 Å². The van der Waals surface area contributed by atoms with Crippen LogP contribution in [0.25, 0.3) is 0 Å². The molecule has 0 spiro atoms. The van der Waals surface area contributed by atoms with Gasteiger partial charge in [0.25, 0.3) is 0 Å². The summed E-state index contributed by atoms with van der Waals surface area (Å²) in [4.78, 5) is 0. The van der Waals surface area contributed by atoms with Gasteiger partial charge in [0.1, 0.15) is 0 Å². The van der Waals surface area contributed by atoms with Crippen molar-refractivity contribution in [2.45, 2.75) is 25.3 Å². The summed E-state index contributed by atoms with van der Waals surface area (Å²) in [5, 5.41) is 0. The van der Waals surface area contributed by atoms with Gasteiger partial charge < -0.3 is 11.5 Å². The Morgan fingerprint density at radius 1 is 1.38 bits per heavy atom. The summed E-state index contributed by atoms with van der Waals surface area (Å²) < 4.78 is 0. The quantitative estimate of drug-likeness (QED) is 0.553. The first-order valence-electron chi connectivity index (χ1n) is 3.06. The molecular formula is C6H15N2. The third-order valence-corrected chi connectivity index (χ3v) is 1.11. The van der Waals surface area contributed by atoms with Crippen molar-refractivity contribution in [3.63, 3.8) is 0 Å². The van der Waals surface area contributed by atoms with Crippen LogP contribution in [0.15, 0.2) is 0 Å². The van der Waals surface area contributed by atoms with Crippen LogP contribution < -0.4 is 11.5 Å². The van der Waals surface area contributed by atoms with E-state index in [2.05, 4.69) is 6.92 Å².